The van der Waals surface area contributed by atoms with E-state index in [-0.39, 0.29) is 29.9 Å². The van der Waals surface area contributed by atoms with E-state index in [9.17, 15) is 17.6 Å². The smallest absolute Gasteiger partial charge is 0.400 e. The van der Waals surface area contributed by atoms with E-state index >= 15 is 13.2 Å². The first-order chi connectivity index (χ1) is 22.1. The summed E-state index contributed by atoms with van der Waals surface area (Å²) in [6, 6.07) is 9.17. The van der Waals surface area contributed by atoms with Crippen molar-refractivity contribution < 1.29 is 49.7 Å². The number of hydrogen-bond acceptors (Lipinski definition) is 4. The maximum absolute atomic E-state index is 15.2. The predicted octanol–water partition coefficient (Wildman–Crippen LogP) is 10.4. The van der Waals surface area contributed by atoms with Gasteiger partial charge in [-0.2, -0.15) is 8.78 Å². The first-order valence-corrected chi connectivity index (χ1v) is 15.7. The maximum atomic E-state index is 15.2. The lowest BCUT2D eigenvalue weighted by atomic mass is 9.78. The van der Waals surface area contributed by atoms with Crippen molar-refractivity contribution in [3.63, 3.8) is 0 Å². The molecule has 1 saturated heterocycles. The number of ether oxygens (including phenoxy) is 4. The van der Waals surface area contributed by atoms with Gasteiger partial charge in [0.1, 0.15) is 17.4 Å². The number of halogens is 7. The van der Waals surface area contributed by atoms with Crippen molar-refractivity contribution >= 4 is 0 Å². The number of alkyl halides is 3. The monoisotopic (exact) mass is 654 g/mol. The SMILES string of the molecule is CCCCCC1COC(c2ccc(C3CCC(C(F)(F)Oc4ccc(-c5cc(F)c(OCF)c(F)c5)c(F)c4)CC3)c(F)c2)OC1. The van der Waals surface area contributed by atoms with E-state index in [4.69, 9.17) is 14.2 Å². The fraction of sp³-hybridized carbons (Fsp3) is 0.486. The van der Waals surface area contributed by atoms with Crippen LogP contribution in [0.2, 0.25) is 0 Å². The van der Waals surface area contributed by atoms with Crippen molar-refractivity contribution in [1.29, 1.82) is 0 Å². The van der Waals surface area contributed by atoms with E-state index in [2.05, 4.69) is 11.7 Å². The van der Waals surface area contributed by atoms with Gasteiger partial charge in [0.25, 0.3) is 0 Å². The summed E-state index contributed by atoms with van der Waals surface area (Å²) in [7, 11) is 0. The number of rotatable bonds is 12. The van der Waals surface area contributed by atoms with Crippen molar-refractivity contribution in [3.05, 3.63) is 82.9 Å². The van der Waals surface area contributed by atoms with Gasteiger partial charge in [0.05, 0.1) is 19.1 Å². The largest absolute Gasteiger partial charge is 0.457 e. The van der Waals surface area contributed by atoms with Crippen molar-refractivity contribution in [2.75, 3.05) is 20.1 Å². The lowest BCUT2D eigenvalue weighted by Crippen LogP contribution is -2.37. The van der Waals surface area contributed by atoms with Crippen LogP contribution in [0, 0.1) is 35.1 Å². The Balaban J connectivity index is 1.16. The molecule has 0 bridgehead atoms. The highest BCUT2D eigenvalue weighted by Gasteiger charge is 2.44. The van der Waals surface area contributed by atoms with Crippen LogP contribution >= 0.6 is 0 Å². The van der Waals surface area contributed by atoms with Gasteiger partial charge >= 0.3 is 6.11 Å². The van der Waals surface area contributed by atoms with Gasteiger partial charge in [-0.25, -0.2) is 22.0 Å². The van der Waals surface area contributed by atoms with Gasteiger partial charge < -0.3 is 18.9 Å². The molecule has 3 aromatic rings. The molecule has 1 aliphatic heterocycles. The van der Waals surface area contributed by atoms with Crippen molar-refractivity contribution in [2.24, 2.45) is 11.8 Å². The Morgan fingerprint density at radius 3 is 2.11 bits per heavy atom. The molecule has 0 spiro atoms. The minimum absolute atomic E-state index is 0.0551. The third-order valence-electron chi connectivity index (χ3n) is 8.82. The molecule has 1 saturated carbocycles. The molecule has 2 fully saturated rings. The molecule has 3 aromatic carbocycles. The molecule has 0 aromatic heterocycles. The molecular weight excluding hydrogens is 617 g/mol. The van der Waals surface area contributed by atoms with E-state index in [1.807, 2.05) is 0 Å². The molecule has 46 heavy (non-hydrogen) atoms. The van der Waals surface area contributed by atoms with Gasteiger partial charge in [-0.15, -0.1) is 0 Å². The van der Waals surface area contributed by atoms with Gasteiger partial charge in [0.15, 0.2) is 23.7 Å². The topological polar surface area (TPSA) is 36.9 Å². The lowest BCUT2D eigenvalue weighted by Gasteiger charge is -2.34. The fourth-order valence-corrected chi connectivity index (χ4v) is 6.29. The van der Waals surface area contributed by atoms with Crippen LogP contribution in [0.4, 0.5) is 30.7 Å². The van der Waals surface area contributed by atoms with E-state index in [1.165, 1.54) is 12.5 Å². The van der Waals surface area contributed by atoms with Gasteiger partial charge in [-0.3, -0.25) is 0 Å². The Hall–Kier alpha value is -3.31. The molecule has 5 rings (SSSR count). The van der Waals surface area contributed by atoms with Crippen LogP contribution in [0.3, 0.4) is 0 Å². The zero-order valence-electron chi connectivity index (χ0n) is 25.5. The molecular formula is C35H37F7O4. The highest BCUT2D eigenvalue weighted by molar-refractivity contribution is 5.66. The summed E-state index contributed by atoms with van der Waals surface area (Å²) in [5.41, 5.74) is 0.524. The quantitative estimate of drug-likeness (QED) is 0.144. The van der Waals surface area contributed by atoms with Gasteiger partial charge in [0.2, 0.25) is 6.86 Å². The molecule has 0 unspecified atom stereocenters. The summed E-state index contributed by atoms with van der Waals surface area (Å²) in [5.74, 6) is -6.50. The Bertz CT molecular complexity index is 1440. The van der Waals surface area contributed by atoms with Crippen LogP contribution in [0.25, 0.3) is 11.1 Å². The second kappa shape index (κ2) is 15.1. The number of unbranched alkanes of at least 4 members (excludes halogenated alkanes) is 2. The molecule has 250 valence electrons. The Labute approximate surface area is 263 Å². The molecule has 2 aliphatic rings. The summed E-state index contributed by atoms with van der Waals surface area (Å²) in [5, 5.41) is 0. The summed E-state index contributed by atoms with van der Waals surface area (Å²) >= 11 is 0. The van der Waals surface area contributed by atoms with Gasteiger partial charge in [0, 0.05) is 23.1 Å². The highest BCUT2D eigenvalue weighted by atomic mass is 19.3. The van der Waals surface area contributed by atoms with E-state index in [0.717, 1.165) is 43.5 Å². The normalized spacial score (nSPS) is 22.1. The third kappa shape index (κ3) is 7.97. The van der Waals surface area contributed by atoms with E-state index in [1.54, 1.807) is 12.1 Å². The highest BCUT2D eigenvalue weighted by Crippen LogP contribution is 2.44. The third-order valence-corrected chi connectivity index (χ3v) is 8.82. The van der Waals surface area contributed by atoms with Crippen LogP contribution < -0.4 is 9.47 Å². The zero-order valence-corrected chi connectivity index (χ0v) is 25.5. The first-order valence-electron chi connectivity index (χ1n) is 15.7. The summed E-state index contributed by atoms with van der Waals surface area (Å²) in [6.07, 6.45) is 0.909. The van der Waals surface area contributed by atoms with E-state index in [0.29, 0.717) is 49.2 Å². The van der Waals surface area contributed by atoms with Crippen LogP contribution in [0.1, 0.15) is 81.6 Å². The Morgan fingerprint density at radius 1 is 0.804 bits per heavy atom. The average molecular weight is 655 g/mol. The van der Waals surface area contributed by atoms with Gasteiger partial charge in [-0.05, 0) is 79.5 Å². The first kappa shape index (κ1) is 34.0. The van der Waals surface area contributed by atoms with Crippen LogP contribution in [0.15, 0.2) is 48.5 Å². The minimum atomic E-state index is -3.64. The van der Waals surface area contributed by atoms with Crippen LogP contribution in [0.5, 0.6) is 11.5 Å². The molecule has 11 heteroatoms. The van der Waals surface area contributed by atoms with E-state index < -0.39 is 59.9 Å². The minimum Gasteiger partial charge on any atom is -0.457 e. The average Bonchev–Trinajstić information content (AvgIpc) is 3.03. The van der Waals surface area contributed by atoms with Crippen LogP contribution in [-0.2, 0) is 9.47 Å². The predicted molar refractivity (Wildman–Crippen MR) is 157 cm³/mol. The van der Waals surface area contributed by atoms with Gasteiger partial charge in [-0.1, -0.05) is 38.3 Å². The zero-order chi connectivity index (χ0) is 32.8. The maximum Gasteiger partial charge on any atom is 0.400 e. The Kier molecular flexibility index (Phi) is 11.1. The number of benzene rings is 3. The number of hydrogen-bond donors (Lipinski definition) is 0. The van der Waals surface area contributed by atoms with Crippen molar-refractivity contribution in [2.45, 2.75) is 76.6 Å². The summed E-state index contributed by atoms with van der Waals surface area (Å²) in [4.78, 5) is 0. The molecule has 0 amide bonds. The standard InChI is InChI=1S/C35H37F7O4/c1-2-3-4-5-21-18-43-34(44-19-21)23-8-12-27(29(37)14-23)22-6-9-25(10-7-22)35(41,42)46-26-11-13-28(30(38)17-26)24-15-31(39)33(45-20-36)32(40)16-24/h8,11-17,21-22,25,34H,2-7,9-10,18-20H2,1H3. The summed E-state index contributed by atoms with van der Waals surface area (Å²) < 4.78 is 122. The fourth-order valence-electron chi connectivity index (χ4n) is 6.29. The van der Waals surface area contributed by atoms with Crippen LogP contribution in [-0.4, -0.2) is 26.2 Å². The second-order valence-electron chi connectivity index (χ2n) is 12.0. The van der Waals surface area contributed by atoms with Crippen molar-refractivity contribution in [3.8, 4) is 22.6 Å². The Morgan fingerprint density at radius 2 is 1.50 bits per heavy atom. The molecule has 1 aliphatic carbocycles. The molecule has 0 atom stereocenters. The molecule has 0 radical (unpaired) electrons. The molecule has 0 N–H and O–H groups in total. The second-order valence-corrected chi connectivity index (χ2v) is 12.0. The lowest BCUT2D eigenvalue weighted by molar-refractivity contribution is -0.222. The molecule has 4 nitrogen and oxygen atoms in total. The van der Waals surface area contributed by atoms with Crippen molar-refractivity contribution in [1.82, 2.24) is 0 Å². The summed E-state index contributed by atoms with van der Waals surface area (Å²) in [6.45, 7) is 1.81. The molecule has 1 heterocycles.